The second-order valence-electron chi connectivity index (χ2n) is 7.08. The van der Waals surface area contributed by atoms with Crippen molar-refractivity contribution in [3.8, 4) is 5.75 Å². The highest BCUT2D eigenvalue weighted by molar-refractivity contribution is 5.95. The van der Waals surface area contributed by atoms with Gasteiger partial charge in [-0.25, -0.2) is 14.5 Å². The first-order valence-corrected chi connectivity index (χ1v) is 9.52. The Hall–Kier alpha value is -3.62. The summed E-state index contributed by atoms with van der Waals surface area (Å²) >= 11 is 0. The molecule has 0 unspecified atom stereocenters. The van der Waals surface area contributed by atoms with Crippen LogP contribution in [0.2, 0.25) is 0 Å². The first-order valence-electron chi connectivity index (χ1n) is 9.52. The van der Waals surface area contributed by atoms with E-state index < -0.39 is 0 Å². The van der Waals surface area contributed by atoms with Crippen molar-refractivity contribution >= 4 is 23.1 Å². The van der Waals surface area contributed by atoms with E-state index in [2.05, 4.69) is 16.2 Å². The van der Waals surface area contributed by atoms with Crippen LogP contribution in [0.5, 0.6) is 5.75 Å². The van der Waals surface area contributed by atoms with Crippen molar-refractivity contribution in [1.29, 1.82) is 0 Å². The fraction of sp³-hybridized carbons (Fsp3) is 0.300. The molecular weight excluding hydrogens is 372 g/mol. The minimum atomic E-state index is -0.192. The number of anilines is 2. The predicted molar refractivity (Wildman–Crippen MR) is 107 cm³/mol. The molecule has 29 heavy (non-hydrogen) atoms. The summed E-state index contributed by atoms with van der Waals surface area (Å²) in [6.07, 6.45) is 8.27. The minimum Gasteiger partial charge on any atom is -0.488 e. The largest absolute Gasteiger partial charge is 0.488 e. The lowest BCUT2D eigenvalue weighted by Gasteiger charge is -2.30. The second-order valence-corrected chi connectivity index (χ2v) is 7.08. The normalized spacial score (nSPS) is 16.0. The van der Waals surface area contributed by atoms with E-state index in [0.29, 0.717) is 49.0 Å². The summed E-state index contributed by atoms with van der Waals surface area (Å²) in [6, 6.07) is 5.46. The molecule has 5 rings (SSSR count). The molecule has 2 aliphatic rings. The highest BCUT2D eigenvalue weighted by Gasteiger charge is 2.25. The molecule has 0 aromatic carbocycles. The van der Waals surface area contributed by atoms with Gasteiger partial charge in [-0.2, -0.15) is 5.10 Å². The van der Waals surface area contributed by atoms with Gasteiger partial charge >= 0.3 is 5.69 Å². The van der Waals surface area contributed by atoms with E-state index in [1.165, 1.54) is 9.08 Å². The Morgan fingerprint density at radius 2 is 2.10 bits per heavy atom. The summed E-state index contributed by atoms with van der Waals surface area (Å²) in [5.74, 6) is 1.18. The molecule has 3 aromatic heterocycles. The molecule has 9 nitrogen and oxygen atoms in total. The summed E-state index contributed by atoms with van der Waals surface area (Å²) in [5.41, 5.74) is 1.75. The molecule has 0 aliphatic carbocycles. The number of aromatic nitrogens is 4. The van der Waals surface area contributed by atoms with Gasteiger partial charge in [-0.05, 0) is 18.6 Å². The number of rotatable bonds is 2. The Kier molecular flexibility index (Phi) is 4.08. The maximum Gasteiger partial charge on any atom is 0.350 e. The molecule has 0 atom stereocenters. The Balaban J connectivity index is 1.49. The van der Waals surface area contributed by atoms with E-state index in [4.69, 9.17) is 4.74 Å². The van der Waals surface area contributed by atoms with E-state index in [1.54, 1.807) is 30.4 Å². The third kappa shape index (κ3) is 2.95. The van der Waals surface area contributed by atoms with Crippen molar-refractivity contribution in [2.75, 3.05) is 31.1 Å². The maximum atomic E-state index is 12.8. The number of hydrogen-bond donors (Lipinski definition) is 0. The molecule has 0 spiro atoms. The number of amides is 1. The third-order valence-electron chi connectivity index (χ3n) is 5.22. The SMILES string of the molecule is Cn1nc2cc(N3CCOc4cc(C(=O)N5CC=CCC5)cnc43)ccn2c1=O. The Labute approximate surface area is 166 Å². The van der Waals surface area contributed by atoms with Gasteiger partial charge in [0.1, 0.15) is 6.61 Å². The Morgan fingerprint density at radius 1 is 1.21 bits per heavy atom. The summed E-state index contributed by atoms with van der Waals surface area (Å²) in [5, 5.41) is 4.25. The second kappa shape index (κ2) is 6.77. The van der Waals surface area contributed by atoms with Crippen LogP contribution in [0.4, 0.5) is 11.5 Å². The monoisotopic (exact) mass is 392 g/mol. The fourth-order valence-corrected chi connectivity index (χ4v) is 3.71. The summed E-state index contributed by atoms with van der Waals surface area (Å²) in [4.78, 5) is 33.1. The number of nitrogens with zero attached hydrogens (tertiary/aromatic N) is 6. The van der Waals surface area contributed by atoms with Crippen LogP contribution in [0.3, 0.4) is 0 Å². The smallest absolute Gasteiger partial charge is 0.350 e. The molecule has 3 aromatic rings. The summed E-state index contributed by atoms with van der Waals surface area (Å²) < 4.78 is 8.60. The quantitative estimate of drug-likeness (QED) is 0.613. The first-order chi connectivity index (χ1) is 14.1. The molecule has 0 N–H and O–H groups in total. The number of hydrogen-bond acceptors (Lipinski definition) is 6. The molecule has 0 radical (unpaired) electrons. The van der Waals surface area contributed by atoms with Gasteiger partial charge in [-0.1, -0.05) is 12.2 Å². The van der Waals surface area contributed by atoms with E-state index in [0.717, 1.165) is 12.1 Å². The molecule has 0 saturated heterocycles. The van der Waals surface area contributed by atoms with Crippen molar-refractivity contribution in [1.82, 2.24) is 24.1 Å². The fourth-order valence-electron chi connectivity index (χ4n) is 3.71. The van der Waals surface area contributed by atoms with E-state index in [9.17, 15) is 9.59 Å². The van der Waals surface area contributed by atoms with E-state index >= 15 is 0 Å². The van der Waals surface area contributed by atoms with Crippen LogP contribution in [0, 0.1) is 0 Å². The Morgan fingerprint density at radius 3 is 2.93 bits per heavy atom. The number of pyridine rings is 2. The lowest BCUT2D eigenvalue weighted by atomic mass is 10.1. The number of aryl methyl sites for hydroxylation is 1. The highest BCUT2D eigenvalue weighted by Crippen LogP contribution is 2.35. The van der Waals surface area contributed by atoms with Gasteiger partial charge in [0.2, 0.25) is 0 Å². The maximum absolute atomic E-state index is 12.8. The molecule has 1 amide bonds. The van der Waals surface area contributed by atoms with Gasteiger partial charge in [-0.15, -0.1) is 0 Å². The van der Waals surface area contributed by atoms with Crippen molar-refractivity contribution in [3.05, 3.63) is 58.8 Å². The molecule has 0 saturated carbocycles. The van der Waals surface area contributed by atoms with Crippen molar-refractivity contribution < 1.29 is 9.53 Å². The zero-order valence-electron chi connectivity index (χ0n) is 16.0. The molecule has 5 heterocycles. The molecular formula is C20H20N6O3. The lowest BCUT2D eigenvalue weighted by molar-refractivity contribution is 0.0770. The topological polar surface area (TPSA) is 85.0 Å². The van der Waals surface area contributed by atoms with Crippen molar-refractivity contribution in [2.24, 2.45) is 7.05 Å². The zero-order chi connectivity index (χ0) is 20.0. The first kappa shape index (κ1) is 17.5. The predicted octanol–water partition coefficient (Wildman–Crippen LogP) is 1.36. The number of ether oxygens (including phenoxy) is 1. The average Bonchev–Trinajstić information content (AvgIpc) is 3.06. The van der Waals surface area contributed by atoms with Gasteiger partial charge in [0.25, 0.3) is 5.91 Å². The van der Waals surface area contributed by atoms with Gasteiger partial charge in [0, 0.05) is 44.3 Å². The number of carbonyl (C=O) groups excluding carboxylic acids is 1. The number of carbonyl (C=O) groups is 1. The lowest BCUT2D eigenvalue weighted by Crippen LogP contribution is -2.34. The van der Waals surface area contributed by atoms with Crippen LogP contribution in [0.1, 0.15) is 16.8 Å². The van der Waals surface area contributed by atoms with Crippen LogP contribution < -0.4 is 15.3 Å². The van der Waals surface area contributed by atoms with Gasteiger partial charge in [0.05, 0.1) is 12.1 Å². The van der Waals surface area contributed by atoms with Crippen molar-refractivity contribution in [3.63, 3.8) is 0 Å². The molecule has 0 bridgehead atoms. The van der Waals surface area contributed by atoms with Gasteiger partial charge in [0.15, 0.2) is 17.2 Å². The zero-order valence-corrected chi connectivity index (χ0v) is 16.0. The van der Waals surface area contributed by atoms with Crippen molar-refractivity contribution in [2.45, 2.75) is 6.42 Å². The molecule has 148 valence electrons. The standard InChI is InChI=1S/C20H20N6O3/c1-23-20(28)26-8-5-15(12-17(26)22-23)25-9-10-29-16-11-14(13-21-18(16)25)19(27)24-6-3-2-4-7-24/h2-3,5,8,11-13H,4,6-7,9-10H2,1H3. The molecule has 0 fully saturated rings. The summed E-state index contributed by atoms with van der Waals surface area (Å²) in [7, 11) is 1.62. The average molecular weight is 392 g/mol. The Bertz CT molecular complexity index is 1190. The van der Waals surface area contributed by atoms with Crippen LogP contribution in [0.15, 0.2) is 47.5 Å². The number of fused-ring (bicyclic) bond motifs is 2. The van der Waals surface area contributed by atoms with Crippen LogP contribution in [0.25, 0.3) is 5.65 Å². The minimum absolute atomic E-state index is 0.0420. The van der Waals surface area contributed by atoms with Gasteiger partial charge < -0.3 is 14.5 Å². The highest BCUT2D eigenvalue weighted by atomic mass is 16.5. The van der Waals surface area contributed by atoms with Crippen LogP contribution in [-0.2, 0) is 7.05 Å². The van der Waals surface area contributed by atoms with Crippen LogP contribution in [-0.4, -0.2) is 56.2 Å². The van der Waals surface area contributed by atoms with Crippen LogP contribution >= 0.6 is 0 Å². The third-order valence-corrected chi connectivity index (χ3v) is 5.22. The summed E-state index contributed by atoms with van der Waals surface area (Å²) in [6.45, 7) is 2.41. The van der Waals surface area contributed by atoms with E-state index in [-0.39, 0.29) is 11.6 Å². The van der Waals surface area contributed by atoms with E-state index in [1.807, 2.05) is 23.1 Å². The van der Waals surface area contributed by atoms with Gasteiger partial charge in [-0.3, -0.25) is 9.20 Å². The molecule has 9 heteroatoms. The molecule has 2 aliphatic heterocycles.